The number of fused-ring (bicyclic) bond motifs is 2. The van der Waals surface area contributed by atoms with E-state index in [1.807, 2.05) is 0 Å². The first-order chi connectivity index (χ1) is 19.6. The molecule has 18 nitrogen and oxygen atoms in total. The number of nitrogens with two attached hydrogens (primary N) is 2. The zero-order valence-electron chi connectivity index (χ0n) is 21.0. The summed E-state index contributed by atoms with van der Waals surface area (Å²) in [4.78, 5) is 41.7. The molecule has 6 heterocycles. The van der Waals surface area contributed by atoms with Crippen LogP contribution in [-0.2, 0) is 30.3 Å². The maximum Gasteiger partial charge on any atom is 0.325 e. The average Bonchev–Trinajstić information content (AvgIpc) is 3.69. The van der Waals surface area contributed by atoms with Crippen LogP contribution in [0.15, 0.2) is 29.7 Å². The Morgan fingerprint density at radius 1 is 1.15 bits per heavy atom. The molecule has 2 fully saturated rings. The second-order valence-electron chi connectivity index (χ2n) is 9.52. The first-order valence-corrected chi connectivity index (χ1v) is 14.9. The normalized spacial score (nSPS) is 29.9. The van der Waals surface area contributed by atoms with Crippen molar-refractivity contribution in [3.63, 3.8) is 0 Å². The zero-order chi connectivity index (χ0) is 29.1. The lowest BCUT2D eigenvalue weighted by Crippen LogP contribution is -2.33. The minimum absolute atomic E-state index is 0.00113. The molecule has 0 amide bonds. The topological polar surface area (TPSA) is 264 Å². The molecule has 2 saturated heterocycles. The molecule has 220 valence electrons. The Bertz CT molecular complexity index is 1700. The Hall–Kier alpha value is -3.10. The number of rotatable bonds is 8. The summed E-state index contributed by atoms with van der Waals surface area (Å²) >= 11 is 5.22. The number of anilines is 2. The van der Waals surface area contributed by atoms with Crippen LogP contribution in [0.25, 0.3) is 22.2 Å². The fraction of sp³-hybridized carbons (Fsp3) is 0.476. The van der Waals surface area contributed by atoms with Crippen molar-refractivity contribution in [3.05, 3.63) is 35.3 Å². The van der Waals surface area contributed by atoms with E-state index in [0.717, 1.165) is 0 Å². The zero-order valence-corrected chi connectivity index (χ0v) is 22.7. The number of nitrogens with one attached hydrogen (secondary N) is 1. The highest BCUT2D eigenvalue weighted by atomic mass is 32.5. The van der Waals surface area contributed by atoms with Gasteiger partial charge in [-0.25, -0.2) is 15.0 Å². The smallest absolute Gasteiger partial charge is 0.325 e. The predicted molar refractivity (Wildman–Crippen MR) is 143 cm³/mol. The summed E-state index contributed by atoms with van der Waals surface area (Å²) in [6.45, 7) is -4.80. The number of aliphatic hydroxyl groups is 3. The predicted octanol–water partition coefficient (Wildman–Crippen LogP) is -1.75. The number of hydrogen-bond donors (Lipinski definition) is 7. The Morgan fingerprint density at radius 2 is 1.95 bits per heavy atom. The molecule has 2 unspecified atom stereocenters. The summed E-state index contributed by atoms with van der Waals surface area (Å²) < 4.78 is 25.9. The van der Waals surface area contributed by atoms with Gasteiger partial charge in [-0.1, -0.05) is 0 Å². The van der Waals surface area contributed by atoms with Crippen LogP contribution in [0.2, 0.25) is 0 Å². The molecule has 0 aliphatic carbocycles. The van der Waals surface area contributed by atoms with E-state index in [0.29, 0.717) is 11.0 Å². The summed E-state index contributed by atoms with van der Waals surface area (Å²) in [5.41, 5.74) is 11.5. The fourth-order valence-electron chi connectivity index (χ4n) is 4.96. The second kappa shape index (κ2) is 10.6. The third-order valence-electron chi connectivity index (χ3n) is 6.90. The number of aliphatic hydroxyl groups excluding tert-OH is 3. The van der Waals surface area contributed by atoms with Gasteiger partial charge in [0.25, 0.3) is 5.56 Å². The molecule has 2 aliphatic rings. The molecule has 6 rings (SSSR count). The van der Waals surface area contributed by atoms with Crippen molar-refractivity contribution in [3.8, 4) is 0 Å². The molecular weight excluding hydrogens is 585 g/mol. The summed E-state index contributed by atoms with van der Waals surface area (Å²) in [7, 11) is 0. The van der Waals surface area contributed by atoms with Gasteiger partial charge in [0.15, 0.2) is 23.6 Å². The molecule has 0 bridgehead atoms. The number of aromatic amines is 1. The van der Waals surface area contributed by atoms with Crippen molar-refractivity contribution in [1.82, 2.24) is 34.1 Å². The van der Waals surface area contributed by atoms with Crippen LogP contribution in [-0.4, -0.2) is 98.0 Å². The number of H-pyrrole nitrogens is 1. The molecule has 0 radical (unpaired) electrons. The van der Waals surface area contributed by atoms with Crippen LogP contribution in [0.4, 0.5) is 11.8 Å². The van der Waals surface area contributed by atoms with Crippen molar-refractivity contribution in [2.75, 3.05) is 24.7 Å². The maximum absolute atomic E-state index is 12.2. The van der Waals surface area contributed by atoms with Gasteiger partial charge in [-0.05, 0) is 17.9 Å². The number of hydrogen-bond acceptors (Lipinski definition) is 15. The Kier molecular flexibility index (Phi) is 7.27. The Labute approximate surface area is 234 Å². The molecule has 4 aromatic rings. The van der Waals surface area contributed by atoms with Gasteiger partial charge in [0, 0.05) is 12.6 Å². The van der Waals surface area contributed by atoms with Gasteiger partial charge in [-0.15, -0.1) is 0 Å². The highest BCUT2D eigenvalue weighted by Gasteiger charge is 2.46. The van der Waals surface area contributed by atoms with Crippen LogP contribution in [0.1, 0.15) is 18.9 Å². The van der Waals surface area contributed by atoms with E-state index >= 15 is 0 Å². The van der Waals surface area contributed by atoms with Crippen LogP contribution < -0.4 is 17.0 Å². The molecule has 0 aromatic carbocycles. The molecule has 2 aliphatic heterocycles. The Balaban J connectivity index is 1.16. The van der Waals surface area contributed by atoms with Gasteiger partial charge in [-0.2, -0.15) is 4.98 Å². The average molecular weight is 612 g/mol. The van der Waals surface area contributed by atoms with Crippen molar-refractivity contribution < 1.29 is 38.7 Å². The largest absolute Gasteiger partial charge is 0.394 e. The van der Waals surface area contributed by atoms with Crippen molar-refractivity contribution in [1.29, 1.82) is 0 Å². The van der Waals surface area contributed by atoms with Gasteiger partial charge in [0.05, 0.1) is 31.0 Å². The number of aromatic nitrogens is 7. The summed E-state index contributed by atoms with van der Waals surface area (Å²) in [6, 6.07) is 1.65. The summed E-state index contributed by atoms with van der Waals surface area (Å²) in [5.74, 6) is 0.0978. The molecule has 20 heteroatoms. The fourth-order valence-corrected chi connectivity index (χ4v) is 6.41. The van der Waals surface area contributed by atoms with Crippen molar-refractivity contribution in [2.24, 2.45) is 0 Å². The molecular formula is C21H26N9O9PS. The molecule has 8 atom stereocenters. The lowest BCUT2D eigenvalue weighted by molar-refractivity contribution is -0.0570. The van der Waals surface area contributed by atoms with E-state index in [2.05, 4.69) is 24.9 Å². The van der Waals surface area contributed by atoms with E-state index in [-0.39, 0.29) is 36.0 Å². The van der Waals surface area contributed by atoms with Gasteiger partial charge >= 0.3 is 6.72 Å². The van der Waals surface area contributed by atoms with Gasteiger partial charge in [-0.3, -0.25) is 14.3 Å². The maximum atomic E-state index is 12.2. The minimum atomic E-state index is -4.01. The molecule has 0 saturated carbocycles. The van der Waals surface area contributed by atoms with E-state index < -0.39 is 61.9 Å². The lowest BCUT2D eigenvalue weighted by atomic mass is 10.1. The molecule has 41 heavy (non-hydrogen) atoms. The second-order valence-corrected chi connectivity index (χ2v) is 12.3. The summed E-state index contributed by atoms with van der Waals surface area (Å²) in [6.07, 6.45) is -3.30. The van der Waals surface area contributed by atoms with Crippen LogP contribution in [0.5, 0.6) is 0 Å². The SMILES string of the molecule is Nc1nc2c(ncn2[C@@H]2OC(CO)C[C@H]2OP(O)(=S)OC[C@H]2O[C@@H](n3ccc4c(N)ncnc43)[C@H](O)[C@@H]2O)c(=O)[nH]1. The third-order valence-corrected chi connectivity index (χ3v) is 8.48. The van der Waals surface area contributed by atoms with E-state index in [1.165, 1.54) is 21.8 Å². The monoisotopic (exact) mass is 611 g/mol. The number of ether oxygens (including phenoxy) is 2. The van der Waals surface area contributed by atoms with E-state index in [4.69, 9.17) is 41.8 Å². The standard InChI is InChI=1S/C21H26N9O9PS/c22-15-9-1-2-29(16(9)25-6-24-15)20-14(33)13(32)11(38-20)5-36-40(35,41)39-10-3-8(4-31)37-19(10)30-7-26-12-17(30)27-21(23)28-18(12)34/h1-2,6-8,10-11,13-14,19-20,31-33H,3-5H2,(H,35,41)(H2,22,24,25)(H3,23,27,28,34)/t8?,10-,11-,13-,14-,19-,20-,40?/m1/s1. The highest BCUT2D eigenvalue weighted by molar-refractivity contribution is 8.07. The number of nitrogens with zero attached hydrogens (tertiary/aromatic N) is 6. The third kappa shape index (κ3) is 5.10. The number of imidazole rings is 1. The summed E-state index contributed by atoms with van der Waals surface area (Å²) in [5, 5.41) is 31.6. The van der Waals surface area contributed by atoms with Gasteiger partial charge in [0.1, 0.15) is 42.2 Å². The van der Waals surface area contributed by atoms with Crippen LogP contribution >= 0.6 is 6.72 Å². The van der Waals surface area contributed by atoms with E-state index in [9.17, 15) is 25.0 Å². The van der Waals surface area contributed by atoms with Gasteiger partial charge in [0.2, 0.25) is 5.95 Å². The van der Waals surface area contributed by atoms with Crippen molar-refractivity contribution in [2.45, 2.75) is 49.4 Å². The van der Waals surface area contributed by atoms with Crippen LogP contribution in [0.3, 0.4) is 0 Å². The highest BCUT2D eigenvalue weighted by Crippen LogP contribution is 2.50. The van der Waals surface area contributed by atoms with E-state index in [1.54, 1.807) is 12.3 Å². The van der Waals surface area contributed by atoms with Gasteiger partial charge < -0.3 is 54.8 Å². The lowest BCUT2D eigenvalue weighted by Gasteiger charge is -2.25. The quantitative estimate of drug-likeness (QED) is 0.109. The Morgan fingerprint density at radius 3 is 2.73 bits per heavy atom. The first-order valence-electron chi connectivity index (χ1n) is 12.3. The number of nitrogen functional groups attached to an aromatic ring is 2. The first kappa shape index (κ1) is 28.0. The molecule has 0 spiro atoms. The molecule has 9 N–H and O–H groups in total. The molecule has 4 aromatic heterocycles. The minimum Gasteiger partial charge on any atom is -0.394 e. The van der Waals surface area contributed by atoms with Crippen molar-refractivity contribution >= 4 is 52.5 Å². The van der Waals surface area contributed by atoms with Crippen LogP contribution in [0, 0.1) is 0 Å².